The van der Waals surface area contributed by atoms with Crippen LogP contribution in [0.1, 0.15) is 56.8 Å². The standard InChI is InChI=1S/C27H34N4O6/c1-27(2,3)37-26(36)28-14-6-4-5-7-15-30-16-13-20-21(9-8-10-22(20)30)25(35)29-19-11-12-23(32)31(17-19)18-24(33)34/h8-13,16-17H,4-7,14-15,18H2,1-3H3,(H,28,36)(H,29,35)(H,33,34). The van der Waals surface area contributed by atoms with Crippen molar-refractivity contribution >= 4 is 34.6 Å². The fourth-order valence-corrected chi connectivity index (χ4v) is 3.95. The van der Waals surface area contributed by atoms with Crippen molar-refractivity contribution in [3.05, 3.63) is 64.7 Å². The monoisotopic (exact) mass is 510 g/mol. The van der Waals surface area contributed by atoms with Crippen molar-refractivity contribution in [1.82, 2.24) is 14.5 Å². The molecule has 0 unspecified atom stereocenters. The summed E-state index contributed by atoms with van der Waals surface area (Å²) < 4.78 is 8.36. The van der Waals surface area contributed by atoms with Crippen LogP contribution in [0.15, 0.2) is 53.6 Å². The van der Waals surface area contributed by atoms with E-state index in [9.17, 15) is 19.2 Å². The van der Waals surface area contributed by atoms with Gasteiger partial charge in [-0.1, -0.05) is 18.9 Å². The van der Waals surface area contributed by atoms with Crippen LogP contribution in [0, 0.1) is 0 Å². The molecule has 0 aliphatic rings. The number of anilines is 1. The molecule has 3 rings (SSSR count). The smallest absolute Gasteiger partial charge is 0.407 e. The highest BCUT2D eigenvalue weighted by Gasteiger charge is 2.16. The average molecular weight is 511 g/mol. The van der Waals surface area contributed by atoms with Crippen molar-refractivity contribution in [2.75, 3.05) is 11.9 Å². The lowest BCUT2D eigenvalue weighted by molar-refractivity contribution is -0.137. The van der Waals surface area contributed by atoms with Gasteiger partial charge in [-0.2, -0.15) is 0 Å². The number of nitrogens with zero attached hydrogens (tertiary/aromatic N) is 2. The van der Waals surface area contributed by atoms with E-state index in [4.69, 9.17) is 9.84 Å². The molecule has 3 N–H and O–H groups in total. The Morgan fingerprint density at radius 2 is 1.73 bits per heavy atom. The van der Waals surface area contributed by atoms with E-state index in [0.717, 1.165) is 47.7 Å². The molecule has 0 bridgehead atoms. The van der Waals surface area contributed by atoms with Crippen molar-refractivity contribution in [2.45, 2.75) is 65.1 Å². The number of carboxylic acids is 1. The van der Waals surface area contributed by atoms with Gasteiger partial charge in [0.15, 0.2) is 0 Å². The van der Waals surface area contributed by atoms with Crippen LogP contribution in [0.25, 0.3) is 10.9 Å². The van der Waals surface area contributed by atoms with Gasteiger partial charge in [-0.25, -0.2) is 4.79 Å². The van der Waals surface area contributed by atoms with Crippen LogP contribution in [-0.4, -0.2) is 44.4 Å². The lowest BCUT2D eigenvalue weighted by Gasteiger charge is -2.19. The van der Waals surface area contributed by atoms with E-state index in [0.29, 0.717) is 17.8 Å². The molecule has 10 heteroatoms. The molecule has 2 amide bonds. The Morgan fingerprint density at radius 3 is 2.46 bits per heavy atom. The first-order valence-corrected chi connectivity index (χ1v) is 12.3. The number of nitrogens with one attached hydrogen (secondary N) is 2. The lowest BCUT2D eigenvalue weighted by Crippen LogP contribution is -2.32. The number of hydrogen-bond donors (Lipinski definition) is 3. The largest absolute Gasteiger partial charge is 0.480 e. The molecule has 0 aliphatic carbocycles. The van der Waals surface area contributed by atoms with Crippen LogP contribution in [-0.2, 0) is 22.6 Å². The van der Waals surface area contributed by atoms with Crippen LogP contribution in [0.4, 0.5) is 10.5 Å². The van der Waals surface area contributed by atoms with E-state index in [1.807, 2.05) is 45.2 Å². The van der Waals surface area contributed by atoms with E-state index in [-0.39, 0.29) is 5.91 Å². The summed E-state index contributed by atoms with van der Waals surface area (Å²) in [6.45, 7) is 6.39. The van der Waals surface area contributed by atoms with Gasteiger partial charge in [0.1, 0.15) is 12.1 Å². The quantitative estimate of drug-likeness (QED) is 0.331. The van der Waals surface area contributed by atoms with Crippen LogP contribution < -0.4 is 16.2 Å². The first-order chi connectivity index (χ1) is 17.5. The maximum absolute atomic E-state index is 13.0. The summed E-state index contributed by atoms with van der Waals surface area (Å²) in [5.74, 6) is -1.49. The first kappa shape index (κ1) is 27.5. The zero-order chi connectivity index (χ0) is 27.0. The van der Waals surface area contributed by atoms with Crippen molar-refractivity contribution in [3.63, 3.8) is 0 Å². The molecule has 198 valence electrons. The van der Waals surface area contributed by atoms with Gasteiger partial charge in [-0.05, 0) is 57.9 Å². The summed E-state index contributed by atoms with van der Waals surface area (Å²) in [6, 6.07) is 10.1. The molecule has 3 aromatic rings. The van der Waals surface area contributed by atoms with Crippen LogP contribution in [0.2, 0.25) is 0 Å². The second-order valence-electron chi connectivity index (χ2n) is 9.82. The van der Waals surface area contributed by atoms with Gasteiger partial charge >= 0.3 is 12.1 Å². The Labute approximate surface area is 215 Å². The van der Waals surface area contributed by atoms with E-state index in [1.165, 1.54) is 18.3 Å². The zero-order valence-electron chi connectivity index (χ0n) is 21.5. The molecule has 0 radical (unpaired) electrons. The zero-order valence-corrected chi connectivity index (χ0v) is 21.5. The Bertz CT molecular complexity index is 1320. The second-order valence-corrected chi connectivity index (χ2v) is 9.82. The predicted octanol–water partition coefficient (Wildman–Crippen LogP) is 4.23. The first-order valence-electron chi connectivity index (χ1n) is 12.3. The molecule has 2 aromatic heterocycles. The Balaban J connectivity index is 1.53. The highest BCUT2D eigenvalue weighted by Crippen LogP contribution is 2.22. The third-order valence-electron chi connectivity index (χ3n) is 5.60. The maximum Gasteiger partial charge on any atom is 0.407 e. The van der Waals surface area contributed by atoms with Gasteiger partial charge in [0.25, 0.3) is 11.5 Å². The SMILES string of the molecule is CC(C)(C)OC(=O)NCCCCCCn1ccc2c(C(=O)Nc3ccc(=O)n(CC(=O)O)c3)cccc21. The third kappa shape index (κ3) is 8.23. The molecule has 0 fully saturated rings. The van der Waals surface area contributed by atoms with Crippen molar-refractivity contribution in [1.29, 1.82) is 0 Å². The number of rotatable bonds is 11. The Hall–Kier alpha value is -4.08. The summed E-state index contributed by atoms with van der Waals surface area (Å²) in [4.78, 5) is 47.4. The number of carbonyl (C=O) groups is 3. The molecular formula is C27H34N4O6. The number of ether oxygens (including phenoxy) is 1. The van der Waals surface area contributed by atoms with E-state index < -0.39 is 29.8 Å². The number of aryl methyl sites for hydroxylation is 1. The molecular weight excluding hydrogens is 476 g/mol. The van der Waals surface area contributed by atoms with Gasteiger partial charge in [-0.3, -0.25) is 14.4 Å². The van der Waals surface area contributed by atoms with E-state index >= 15 is 0 Å². The maximum atomic E-state index is 13.0. The summed E-state index contributed by atoms with van der Waals surface area (Å²) in [7, 11) is 0. The number of pyridine rings is 1. The highest BCUT2D eigenvalue weighted by atomic mass is 16.6. The molecule has 0 spiro atoms. The van der Waals surface area contributed by atoms with Gasteiger partial charge in [0, 0.05) is 48.0 Å². The number of aromatic nitrogens is 2. The summed E-state index contributed by atoms with van der Waals surface area (Å²) in [5.41, 5.74) is 0.802. The average Bonchev–Trinajstić information content (AvgIpc) is 3.22. The Kier molecular flexibility index (Phi) is 9.10. The van der Waals surface area contributed by atoms with Crippen molar-refractivity contribution in [2.24, 2.45) is 0 Å². The summed E-state index contributed by atoms with van der Waals surface area (Å²) >= 11 is 0. The summed E-state index contributed by atoms with van der Waals surface area (Å²) in [5, 5.41) is 15.3. The number of amides is 2. The molecule has 0 atom stereocenters. The lowest BCUT2D eigenvalue weighted by atomic mass is 10.1. The van der Waals surface area contributed by atoms with E-state index in [1.54, 1.807) is 6.07 Å². The molecule has 10 nitrogen and oxygen atoms in total. The number of carbonyl (C=O) groups excluding carboxylic acids is 2. The molecule has 0 aliphatic heterocycles. The number of carboxylic acid groups (broad SMARTS) is 1. The number of fused-ring (bicyclic) bond motifs is 1. The molecule has 37 heavy (non-hydrogen) atoms. The third-order valence-corrected chi connectivity index (χ3v) is 5.60. The number of unbranched alkanes of at least 4 members (excludes halogenated alkanes) is 3. The number of hydrogen-bond acceptors (Lipinski definition) is 5. The topological polar surface area (TPSA) is 132 Å². The number of benzene rings is 1. The Morgan fingerprint density at radius 1 is 0.973 bits per heavy atom. The fourth-order valence-electron chi connectivity index (χ4n) is 3.95. The minimum Gasteiger partial charge on any atom is -0.480 e. The minimum atomic E-state index is -1.14. The van der Waals surface area contributed by atoms with Crippen LogP contribution >= 0.6 is 0 Å². The number of alkyl carbamates (subject to hydrolysis) is 1. The van der Waals surface area contributed by atoms with Gasteiger partial charge in [0.05, 0.1) is 5.69 Å². The van der Waals surface area contributed by atoms with Gasteiger partial charge in [0.2, 0.25) is 0 Å². The predicted molar refractivity (Wildman–Crippen MR) is 141 cm³/mol. The molecule has 1 aromatic carbocycles. The molecule has 2 heterocycles. The van der Waals surface area contributed by atoms with Crippen molar-refractivity contribution in [3.8, 4) is 0 Å². The van der Waals surface area contributed by atoms with Gasteiger partial charge in [-0.15, -0.1) is 0 Å². The number of aliphatic carboxylic acids is 1. The highest BCUT2D eigenvalue weighted by molar-refractivity contribution is 6.12. The van der Waals surface area contributed by atoms with Gasteiger partial charge < -0.3 is 29.6 Å². The minimum absolute atomic E-state index is 0.337. The summed E-state index contributed by atoms with van der Waals surface area (Å²) in [6.07, 6.45) is 6.69. The fraction of sp³-hybridized carbons (Fsp3) is 0.407. The normalized spacial score (nSPS) is 11.3. The van der Waals surface area contributed by atoms with Crippen LogP contribution in [0.3, 0.4) is 0 Å². The van der Waals surface area contributed by atoms with Crippen molar-refractivity contribution < 1.29 is 24.2 Å². The molecule has 0 saturated carbocycles. The van der Waals surface area contributed by atoms with E-state index in [2.05, 4.69) is 15.2 Å². The molecule has 0 saturated heterocycles. The van der Waals surface area contributed by atoms with Crippen LogP contribution in [0.5, 0.6) is 0 Å². The second kappa shape index (κ2) is 12.2.